The van der Waals surface area contributed by atoms with Crippen molar-refractivity contribution < 1.29 is 12.8 Å². The monoisotopic (exact) mass is 395 g/mol. The molecule has 6 heteroatoms. The Labute approximate surface area is 160 Å². The Kier molecular flexibility index (Phi) is 5.66. The van der Waals surface area contributed by atoms with E-state index in [1.165, 1.54) is 0 Å². The summed E-state index contributed by atoms with van der Waals surface area (Å²) in [5.74, 6) is 0. The lowest BCUT2D eigenvalue weighted by Crippen LogP contribution is -2.42. The van der Waals surface area contributed by atoms with Crippen molar-refractivity contribution >= 4 is 18.3 Å². The minimum Gasteiger partial charge on any atom is -0.415 e. The average molecular weight is 396 g/mol. The molecule has 0 radical (unpaired) electrons. The third-order valence-electron chi connectivity index (χ3n) is 5.73. The van der Waals surface area contributed by atoms with Gasteiger partial charge in [-0.1, -0.05) is 44.5 Å². The van der Waals surface area contributed by atoms with Crippen LogP contribution >= 0.6 is 0 Å². The normalized spacial score (nSPS) is 23.8. The highest BCUT2D eigenvalue weighted by Crippen LogP contribution is 2.41. The molecule has 0 spiro atoms. The van der Waals surface area contributed by atoms with Gasteiger partial charge in [0.05, 0.1) is 23.6 Å². The molecule has 2 rings (SSSR count). The number of sulfonamides is 1. The highest BCUT2D eigenvalue weighted by Gasteiger charge is 2.55. The second-order valence-corrected chi connectivity index (χ2v) is 15.5. The fraction of sp³-hybridized carbons (Fsp3) is 0.600. The first kappa shape index (κ1) is 21.3. The van der Waals surface area contributed by atoms with Crippen molar-refractivity contribution in [2.75, 3.05) is 6.61 Å². The minimum absolute atomic E-state index is 0.0966. The van der Waals surface area contributed by atoms with E-state index in [-0.39, 0.29) is 17.1 Å². The molecule has 1 heterocycles. The lowest BCUT2D eigenvalue weighted by Gasteiger charge is -2.36. The number of rotatable bonds is 6. The lowest BCUT2D eigenvalue weighted by atomic mass is 10.1. The van der Waals surface area contributed by atoms with Crippen molar-refractivity contribution in [3.63, 3.8) is 0 Å². The molecule has 0 N–H and O–H groups in total. The zero-order valence-electron chi connectivity index (χ0n) is 17.4. The summed E-state index contributed by atoms with van der Waals surface area (Å²) >= 11 is 0. The summed E-state index contributed by atoms with van der Waals surface area (Å²) in [5.41, 5.74) is 2.66. The van der Waals surface area contributed by atoms with Crippen LogP contribution in [0.1, 0.15) is 37.5 Å². The molecule has 0 amide bonds. The fourth-order valence-corrected chi connectivity index (χ4v) is 6.44. The number of hydrogen-bond donors (Lipinski definition) is 0. The average Bonchev–Trinajstić information content (AvgIpc) is 3.16. The van der Waals surface area contributed by atoms with Crippen molar-refractivity contribution in [3.05, 3.63) is 41.5 Å². The standard InChI is InChI=1S/C20H33NO3SSi/c1-10-17-18(13-24-26(8,9)20(5,6)7)21(17)25(22,23)19-15(3)11-14(2)12-16(19)4/h10-12,17-18H,1,13H2,2-9H3/t17-,18+,21?/m1/s1. The summed E-state index contributed by atoms with van der Waals surface area (Å²) < 4.78 is 34.4. The topological polar surface area (TPSA) is 46.4 Å². The Morgan fingerprint density at radius 1 is 1.19 bits per heavy atom. The molecule has 1 unspecified atom stereocenters. The van der Waals surface area contributed by atoms with Gasteiger partial charge in [0.1, 0.15) is 0 Å². The van der Waals surface area contributed by atoms with Crippen molar-refractivity contribution in [2.45, 2.75) is 76.7 Å². The summed E-state index contributed by atoms with van der Waals surface area (Å²) in [6, 6.07) is 3.50. The molecule has 26 heavy (non-hydrogen) atoms. The smallest absolute Gasteiger partial charge is 0.244 e. The third-order valence-corrected chi connectivity index (χ3v) is 12.5. The van der Waals surface area contributed by atoms with Crippen LogP contribution in [-0.2, 0) is 14.4 Å². The van der Waals surface area contributed by atoms with Crippen LogP contribution in [0.25, 0.3) is 0 Å². The van der Waals surface area contributed by atoms with Crippen LogP contribution in [0, 0.1) is 20.8 Å². The van der Waals surface area contributed by atoms with Gasteiger partial charge >= 0.3 is 0 Å². The predicted molar refractivity (Wildman–Crippen MR) is 111 cm³/mol. The first-order valence-corrected chi connectivity index (χ1v) is 13.5. The molecule has 3 atom stereocenters. The van der Waals surface area contributed by atoms with Crippen LogP contribution < -0.4 is 0 Å². The molecule has 0 saturated carbocycles. The molecule has 1 aromatic carbocycles. The lowest BCUT2D eigenvalue weighted by molar-refractivity contribution is 0.281. The van der Waals surface area contributed by atoms with Gasteiger partial charge in [0, 0.05) is 0 Å². The first-order chi connectivity index (χ1) is 11.7. The van der Waals surface area contributed by atoms with Crippen molar-refractivity contribution in [1.29, 1.82) is 0 Å². The highest BCUT2D eigenvalue weighted by atomic mass is 32.2. The van der Waals surface area contributed by atoms with Crippen LogP contribution in [0.3, 0.4) is 0 Å². The van der Waals surface area contributed by atoms with E-state index in [2.05, 4.69) is 40.4 Å². The van der Waals surface area contributed by atoms with Gasteiger partial charge in [-0.15, -0.1) is 6.58 Å². The molecule has 0 bridgehead atoms. The van der Waals surface area contributed by atoms with Crippen LogP contribution in [-0.4, -0.2) is 39.7 Å². The van der Waals surface area contributed by atoms with Crippen LogP contribution in [0.15, 0.2) is 29.7 Å². The number of aryl methyl sites for hydroxylation is 3. The van der Waals surface area contributed by atoms with Gasteiger partial charge in [-0.25, -0.2) is 8.42 Å². The Hall–Kier alpha value is -0.953. The van der Waals surface area contributed by atoms with Gasteiger partial charge in [0.15, 0.2) is 8.32 Å². The summed E-state index contributed by atoms with van der Waals surface area (Å²) in [5, 5.41) is 0.0966. The Bertz CT molecular complexity index is 786. The second kappa shape index (κ2) is 6.89. The van der Waals surface area contributed by atoms with Gasteiger partial charge in [0.25, 0.3) is 0 Å². The molecular weight excluding hydrogens is 362 g/mol. The van der Waals surface area contributed by atoms with E-state index >= 15 is 0 Å². The maximum atomic E-state index is 13.3. The largest absolute Gasteiger partial charge is 0.415 e. The SMILES string of the molecule is C=C[C@@H]1[C@H](CO[Si](C)(C)C(C)(C)C)N1S(=O)(=O)c1c(C)cc(C)cc1C. The minimum atomic E-state index is -3.56. The van der Waals surface area contributed by atoms with Gasteiger partial charge < -0.3 is 4.43 Å². The number of benzene rings is 1. The molecule has 0 aromatic heterocycles. The van der Waals surface area contributed by atoms with Crippen LogP contribution in [0.2, 0.25) is 18.1 Å². The Morgan fingerprint density at radius 3 is 2.12 bits per heavy atom. The maximum Gasteiger partial charge on any atom is 0.244 e. The van der Waals surface area contributed by atoms with Crippen molar-refractivity contribution in [2.24, 2.45) is 0 Å². The second-order valence-electron chi connectivity index (χ2n) is 8.93. The number of nitrogens with zero attached hydrogens (tertiary/aromatic N) is 1. The van der Waals surface area contributed by atoms with Crippen molar-refractivity contribution in [1.82, 2.24) is 4.31 Å². The molecule has 0 aliphatic carbocycles. The van der Waals surface area contributed by atoms with Crippen molar-refractivity contribution in [3.8, 4) is 0 Å². The molecule has 4 nitrogen and oxygen atoms in total. The van der Waals surface area contributed by atoms with Crippen LogP contribution in [0.5, 0.6) is 0 Å². The molecule has 1 aliphatic heterocycles. The summed E-state index contributed by atoms with van der Waals surface area (Å²) in [6.45, 7) is 20.9. The van der Waals surface area contributed by atoms with E-state index in [1.807, 2.05) is 32.9 Å². The zero-order chi connectivity index (χ0) is 20.1. The zero-order valence-corrected chi connectivity index (χ0v) is 19.2. The van der Waals surface area contributed by atoms with Gasteiger partial charge in [-0.2, -0.15) is 4.31 Å². The van der Waals surface area contributed by atoms with Gasteiger partial charge in [-0.05, 0) is 50.0 Å². The number of hydrogen-bond acceptors (Lipinski definition) is 3. The van der Waals surface area contributed by atoms with E-state index in [9.17, 15) is 8.42 Å². The summed E-state index contributed by atoms with van der Waals surface area (Å²) in [4.78, 5) is 0.421. The molecule has 1 fully saturated rings. The first-order valence-electron chi connectivity index (χ1n) is 9.12. The van der Waals surface area contributed by atoms with E-state index in [0.29, 0.717) is 11.5 Å². The highest BCUT2D eigenvalue weighted by molar-refractivity contribution is 7.89. The predicted octanol–water partition coefficient (Wildman–Crippen LogP) is 4.56. The van der Waals surface area contributed by atoms with Gasteiger partial charge in [-0.3, -0.25) is 0 Å². The Morgan fingerprint density at radius 2 is 1.69 bits per heavy atom. The summed E-state index contributed by atoms with van der Waals surface area (Å²) in [6.07, 6.45) is 1.72. The van der Waals surface area contributed by atoms with E-state index in [4.69, 9.17) is 4.43 Å². The third kappa shape index (κ3) is 3.83. The summed E-state index contributed by atoms with van der Waals surface area (Å²) in [7, 11) is -5.48. The van der Waals surface area contributed by atoms with Gasteiger partial charge in [0.2, 0.25) is 10.0 Å². The molecule has 1 aliphatic rings. The maximum absolute atomic E-state index is 13.3. The van der Waals surface area contributed by atoms with E-state index in [0.717, 1.165) is 16.7 Å². The van der Waals surface area contributed by atoms with E-state index < -0.39 is 18.3 Å². The molecule has 1 aromatic rings. The Balaban J connectivity index is 2.27. The molecule has 146 valence electrons. The fourth-order valence-electron chi connectivity index (χ4n) is 3.24. The van der Waals surface area contributed by atoms with Crippen LogP contribution in [0.4, 0.5) is 0 Å². The molecular formula is C20H33NO3SSi. The van der Waals surface area contributed by atoms with E-state index in [1.54, 1.807) is 10.4 Å². The quantitative estimate of drug-likeness (QED) is 0.403. The molecule has 1 saturated heterocycles.